The van der Waals surface area contributed by atoms with Crippen LogP contribution in [0.15, 0.2) is 85.1 Å². The van der Waals surface area contributed by atoms with Gasteiger partial charge in [0.25, 0.3) is 5.91 Å². The van der Waals surface area contributed by atoms with Crippen molar-refractivity contribution >= 4 is 16.8 Å². The summed E-state index contributed by atoms with van der Waals surface area (Å²) in [6.45, 7) is 0.489. The number of nitrogens with one attached hydrogen (secondary N) is 2. The van der Waals surface area contributed by atoms with Gasteiger partial charge in [0, 0.05) is 29.6 Å². The Hall–Kier alpha value is -3.53. The zero-order valence-corrected chi connectivity index (χ0v) is 15.7. The molecule has 0 aliphatic rings. The Labute approximate surface area is 164 Å². The number of methoxy groups -OCH3 is 1. The zero-order chi connectivity index (χ0) is 19.3. The lowest BCUT2D eigenvalue weighted by atomic mass is 9.91. The Bertz CT molecular complexity index is 1090. The van der Waals surface area contributed by atoms with Crippen LogP contribution >= 0.6 is 0 Å². The molecule has 1 aromatic heterocycles. The minimum atomic E-state index is -0.141. The highest BCUT2D eigenvalue weighted by Gasteiger charge is 2.20. The van der Waals surface area contributed by atoms with Gasteiger partial charge < -0.3 is 15.0 Å². The number of carbonyl (C=O) groups excluding carboxylic acids is 1. The fraction of sp³-hybridized carbons (Fsp3) is 0.125. The fourth-order valence-corrected chi connectivity index (χ4v) is 3.60. The van der Waals surface area contributed by atoms with Crippen molar-refractivity contribution in [2.75, 3.05) is 13.7 Å². The predicted molar refractivity (Wildman–Crippen MR) is 112 cm³/mol. The van der Waals surface area contributed by atoms with Crippen LogP contribution in [0.2, 0.25) is 0 Å². The van der Waals surface area contributed by atoms with E-state index in [4.69, 9.17) is 4.74 Å². The second-order valence-corrected chi connectivity index (χ2v) is 6.66. The van der Waals surface area contributed by atoms with Crippen LogP contribution < -0.4 is 10.1 Å². The van der Waals surface area contributed by atoms with E-state index in [2.05, 4.69) is 34.6 Å². The van der Waals surface area contributed by atoms with E-state index in [9.17, 15) is 4.79 Å². The van der Waals surface area contributed by atoms with Crippen molar-refractivity contribution in [1.29, 1.82) is 0 Å². The highest BCUT2D eigenvalue weighted by Crippen LogP contribution is 2.30. The monoisotopic (exact) mass is 370 g/mol. The molecule has 0 spiro atoms. The molecule has 0 unspecified atom stereocenters. The number of para-hydroxylation sites is 2. The lowest BCUT2D eigenvalue weighted by molar-refractivity contribution is 0.0949. The molecule has 4 rings (SSSR count). The van der Waals surface area contributed by atoms with Crippen molar-refractivity contribution in [1.82, 2.24) is 10.3 Å². The SMILES string of the molecule is COc1ccccc1C(=O)NC[C@@H](c1ccccc1)c1c[nH]c2ccccc12. The van der Waals surface area contributed by atoms with Crippen LogP contribution in [-0.4, -0.2) is 24.5 Å². The molecular weight excluding hydrogens is 348 g/mol. The van der Waals surface area contributed by atoms with Crippen molar-refractivity contribution in [3.63, 3.8) is 0 Å². The second-order valence-electron chi connectivity index (χ2n) is 6.66. The molecule has 3 aromatic carbocycles. The molecule has 1 amide bonds. The standard InChI is InChI=1S/C24H22N2O2/c1-28-23-14-8-6-12-19(23)24(27)26-15-20(17-9-3-2-4-10-17)21-16-25-22-13-7-5-11-18(21)22/h2-14,16,20,25H,15H2,1H3,(H,26,27)/t20-/m0/s1. The number of aromatic amines is 1. The van der Waals surface area contributed by atoms with Gasteiger partial charge in [-0.3, -0.25) is 4.79 Å². The number of benzene rings is 3. The van der Waals surface area contributed by atoms with Gasteiger partial charge in [0.2, 0.25) is 0 Å². The number of aromatic nitrogens is 1. The molecule has 4 nitrogen and oxygen atoms in total. The van der Waals surface area contributed by atoms with Crippen molar-refractivity contribution in [2.24, 2.45) is 0 Å². The van der Waals surface area contributed by atoms with Crippen LogP contribution in [0.1, 0.15) is 27.4 Å². The first kappa shape index (κ1) is 17.9. The van der Waals surface area contributed by atoms with Gasteiger partial charge in [-0.05, 0) is 29.3 Å². The Balaban J connectivity index is 1.65. The van der Waals surface area contributed by atoms with E-state index < -0.39 is 0 Å². The van der Waals surface area contributed by atoms with Gasteiger partial charge in [-0.2, -0.15) is 0 Å². The molecule has 0 bridgehead atoms. The number of H-pyrrole nitrogens is 1. The summed E-state index contributed by atoms with van der Waals surface area (Å²) in [6, 6.07) is 25.7. The summed E-state index contributed by atoms with van der Waals surface area (Å²) in [5.74, 6) is 0.470. The maximum absolute atomic E-state index is 12.8. The topological polar surface area (TPSA) is 54.1 Å². The molecule has 28 heavy (non-hydrogen) atoms. The van der Waals surface area contributed by atoms with Gasteiger partial charge in [0.1, 0.15) is 5.75 Å². The van der Waals surface area contributed by atoms with E-state index in [1.54, 1.807) is 19.2 Å². The average Bonchev–Trinajstić information content (AvgIpc) is 3.18. The molecule has 4 heteroatoms. The Morgan fingerprint density at radius 2 is 1.68 bits per heavy atom. The Kier molecular flexibility index (Phi) is 5.11. The summed E-state index contributed by atoms with van der Waals surface area (Å²) < 4.78 is 5.32. The van der Waals surface area contributed by atoms with Crippen LogP contribution in [0.5, 0.6) is 5.75 Å². The molecule has 0 saturated heterocycles. The summed E-state index contributed by atoms with van der Waals surface area (Å²) >= 11 is 0. The summed E-state index contributed by atoms with van der Waals surface area (Å²) in [6.07, 6.45) is 2.04. The highest BCUT2D eigenvalue weighted by molar-refractivity contribution is 5.97. The smallest absolute Gasteiger partial charge is 0.255 e. The molecular formula is C24H22N2O2. The number of hydrogen-bond acceptors (Lipinski definition) is 2. The Morgan fingerprint density at radius 3 is 2.50 bits per heavy atom. The van der Waals surface area contributed by atoms with E-state index >= 15 is 0 Å². The van der Waals surface area contributed by atoms with E-state index in [1.807, 2.05) is 48.7 Å². The van der Waals surface area contributed by atoms with E-state index in [0.29, 0.717) is 17.9 Å². The molecule has 1 atom stereocenters. The number of amides is 1. The molecule has 0 aliphatic heterocycles. The quantitative estimate of drug-likeness (QED) is 0.515. The van der Waals surface area contributed by atoms with Gasteiger partial charge in [0.05, 0.1) is 12.7 Å². The highest BCUT2D eigenvalue weighted by atomic mass is 16.5. The van der Waals surface area contributed by atoms with Crippen molar-refractivity contribution in [2.45, 2.75) is 5.92 Å². The fourth-order valence-electron chi connectivity index (χ4n) is 3.60. The third kappa shape index (κ3) is 3.49. The van der Waals surface area contributed by atoms with Gasteiger partial charge in [-0.25, -0.2) is 0 Å². The van der Waals surface area contributed by atoms with Crippen LogP contribution in [0.25, 0.3) is 10.9 Å². The first-order valence-corrected chi connectivity index (χ1v) is 9.30. The van der Waals surface area contributed by atoms with Crippen molar-refractivity contribution in [3.05, 3.63) is 102 Å². The molecule has 1 heterocycles. The molecule has 2 N–H and O–H groups in total. The first-order chi connectivity index (χ1) is 13.8. The predicted octanol–water partition coefficient (Wildman–Crippen LogP) is 4.74. The van der Waals surface area contributed by atoms with Crippen molar-refractivity contribution < 1.29 is 9.53 Å². The molecule has 4 aromatic rings. The third-order valence-corrected chi connectivity index (χ3v) is 5.02. The summed E-state index contributed by atoms with van der Waals surface area (Å²) in [7, 11) is 1.57. The maximum Gasteiger partial charge on any atom is 0.255 e. The number of fused-ring (bicyclic) bond motifs is 1. The van der Waals surface area contributed by atoms with Gasteiger partial charge in [-0.15, -0.1) is 0 Å². The lowest BCUT2D eigenvalue weighted by Gasteiger charge is -2.18. The van der Waals surface area contributed by atoms with Gasteiger partial charge >= 0.3 is 0 Å². The van der Waals surface area contributed by atoms with Gasteiger partial charge in [-0.1, -0.05) is 60.7 Å². The number of carbonyl (C=O) groups is 1. The molecule has 0 aliphatic carbocycles. The minimum Gasteiger partial charge on any atom is -0.496 e. The average molecular weight is 370 g/mol. The normalized spacial score (nSPS) is 11.9. The van der Waals surface area contributed by atoms with E-state index in [0.717, 1.165) is 11.1 Å². The molecule has 0 radical (unpaired) electrons. The molecule has 0 fully saturated rings. The summed E-state index contributed by atoms with van der Waals surface area (Å²) in [4.78, 5) is 16.1. The minimum absolute atomic E-state index is 0.0380. The van der Waals surface area contributed by atoms with E-state index in [-0.39, 0.29) is 11.8 Å². The van der Waals surface area contributed by atoms with Crippen LogP contribution in [0.4, 0.5) is 0 Å². The molecule has 140 valence electrons. The zero-order valence-electron chi connectivity index (χ0n) is 15.7. The number of ether oxygens (including phenoxy) is 1. The van der Waals surface area contributed by atoms with Gasteiger partial charge in [0.15, 0.2) is 0 Å². The summed E-state index contributed by atoms with van der Waals surface area (Å²) in [5.41, 5.74) is 3.96. The molecule has 0 saturated carbocycles. The maximum atomic E-state index is 12.8. The lowest BCUT2D eigenvalue weighted by Crippen LogP contribution is -2.29. The second kappa shape index (κ2) is 8.01. The van der Waals surface area contributed by atoms with Crippen LogP contribution in [-0.2, 0) is 0 Å². The third-order valence-electron chi connectivity index (χ3n) is 5.02. The number of hydrogen-bond donors (Lipinski definition) is 2. The van der Waals surface area contributed by atoms with Crippen LogP contribution in [0, 0.1) is 0 Å². The first-order valence-electron chi connectivity index (χ1n) is 9.30. The Morgan fingerprint density at radius 1 is 0.964 bits per heavy atom. The number of rotatable bonds is 6. The van der Waals surface area contributed by atoms with E-state index in [1.165, 1.54) is 10.9 Å². The largest absolute Gasteiger partial charge is 0.496 e. The van der Waals surface area contributed by atoms with Crippen LogP contribution in [0.3, 0.4) is 0 Å². The summed E-state index contributed by atoms with van der Waals surface area (Å²) in [5, 5.41) is 4.26. The van der Waals surface area contributed by atoms with Crippen molar-refractivity contribution in [3.8, 4) is 5.75 Å².